The summed E-state index contributed by atoms with van der Waals surface area (Å²) in [6.07, 6.45) is 7.16. The van der Waals surface area contributed by atoms with Gasteiger partial charge in [-0.15, -0.1) is 12.4 Å². The number of nitrogens with zero attached hydrogens (tertiary/aromatic N) is 2. The molecule has 0 bridgehead atoms. The zero-order chi connectivity index (χ0) is 10.5. The van der Waals surface area contributed by atoms with Crippen LogP contribution < -0.4 is 11.1 Å². The van der Waals surface area contributed by atoms with E-state index in [0.717, 1.165) is 25.3 Å². The molecule has 1 atom stereocenters. The molecule has 1 unspecified atom stereocenters. The first kappa shape index (κ1) is 13.4. The van der Waals surface area contributed by atoms with Crippen molar-refractivity contribution in [2.45, 2.75) is 25.2 Å². The number of halogens is 1. The highest BCUT2D eigenvalue weighted by atomic mass is 35.5. The van der Waals surface area contributed by atoms with Crippen molar-refractivity contribution in [2.75, 3.05) is 19.6 Å². The van der Waals surface area contributed by atoms with Gasteiger partial charge in [0.2, 0.25) is 0 Å². The molecule has 2 rings (SSSR count). The van der Waals surface area contributed by atoms with Gasteiger partial charge in [-0.05, 0) is 37.4 Å². The summed E-state index contributed by atoms with van der Waals surface area (Å²) in [7, 11) is 0. The third-order valence-corrected chi connectivity index (χ3v) is 2.86. The first-order valence-corrected chi connectivity index (χ1v) is 5.62. The first-order valence-electron chi connectivity index (χ1n) is 5.62. The normalized spacial score (nSPS) is 20.2. The van der Waals surface area contributed by atoms with Crippen LogP contribution in [0, 0.1) is 0 Å². The zero-order valence-corrected chi connectivity index (χ0v) is 10.2. The number of piperidine rings is 1. The van der Waals surface area contributed by atoms with Crippen LogP contribution in [0.15, 0.2) is 12.4 Å². The van der Waals surface area contributed by atoms with Crippen molar-refractivity contribution < 1.29 is 0 Å². The molecule has 16 heavy (non-hydrogen) atoms. The van der Waals surface area contributed by atoms with E-state index < -0.39 is 0 Å². The van der Waals surface area contributed by atoms with E-state index in [9.17, 15) is 0 Å². The van der Waals surface area contributed by atoms with Crippen LogP contribution in [0.2, 0.25) is 0 Å². The lowest BCUT2D eigenvalue weighted by Crippen LogP contribution is -2.28. The predicted molar refractivity (Wildman–Crippen MR) is 66.9 cm³/mol. The predicted octanol–water partition coefficient (Wildman–Crippen LogP) is 0.867. The maximum atomic E-state index is 5.45. The van der Waals surface area contributed by atoms with Gasteiger partial charge in [-0.25, -0.2) is 9.97 Å². The third kappa shape index (κ3) is 3.40. The number of rotatable bonds is 3. The lowest BCUT2D eigenvalue weighted by atomic mass is 9.94. The monoisotopic (exact) mass is 242 g/mol. The minimum atomic E-state index is 0. The van der Waals surface area contributed by atoms with E-state index in [0.29, 0.717) is 12.5 Å². The Labute approximate surface area is 102 Å². The molecule has 0 spiro atoms. The molecular formula is C11H19ClN4. The van der Waals surface area contributed by atoms with E-state index in [2.05, 4.69) is 15.3 Å². The first-order chi connectivity index (χ1) is 7.40. The Hall–Kier alpha value is -0.710. The molecule has 1 aromatic heterocycles. The van der Waals surface area contributed by atoms with Gasteiger partial charge in [0.1, 0.15) is 5.82 Å². The molecule has 5 heteroatoms. The van der Waals surface area contributed by atoms with Gasteiger partial charge in [0, 0.05) is 25.4 Å². The zero-order valence-electron chi connectivity index (χ0n) is 9.35. The maximum absolute atomic E-state index is 5.45. The molecule has 4 nitrogen and oxygen atoms in total. The molecule has 3 N–H and O–H groups in total. The van der Waals surface area contributed by atoms with Crippen molar-refractivity contribution >= 4 is 12.4 Å². The second kappa shape index (κ2) is 6.78. The van der Waals surface area contributed by atoms with Gasteiger partial charge < -0.3 is 11.1 Å². The van der Waals surface area contributed by atoms with Crippen molar-refractivity contribution in [1.82, 2.24) is 15.3 Å². The number of aromatic nitrogens is 2. The fourth-order valence-electron chi connectivity index (χ4n) is 1.97. The Kier molecular flexibility index (Phi) is 5.66. The summed E-state index contributed by atoms with van der Waals surface area (Å²) in [5, 5.41) is 3.40. The summed E-state index contributed by atoms with van der Waals surface area (Å²) in [6, 6.07) is 0. The number of nitrogens with one attached hydrogen (secondary N) is 1. The van der Waals surface area contributed by atoms with Gasteiger partial charge in [0.05, 0.1) is 0 Å². The SMILES string of the molecule is Cl.NCCc1ncc(C2CCCNC2)cn1. The Balaban J connectivity index is 0.00000128. The molecule has 0 saturated carbocycles. The smallest absolute Gasteiger partial charge is 0.129 e. The summed E-state index contributed by atoms with van der Waals surface area (Å²) in [4.78, 5) is 8.65. The van der Waals surface area contributed by atoms with E-state index in [1.165, 1.54) is 18.4 Å². The van der Waals surface area contributed by atoms with Gasteiger partial charge >= 0.3 is 0 Å². The third-order valence-electron chi connectivity index (χ3n) is 2.86. The molecule has 0 amide bonds. The Morgan fingerprint density at radius 1 is 1.38 bits per heavy atom. The molecule has 2 heterocycles. The molecule has 90 valence electrons. The van der Waals surface area contributed by atoms with E-state index in [1.54, 1.807) is 0 Å². The molecular weight excluding hydrogens is 224 g/mol. The van der Waals surface area contributed by atoms with Crippen LogP contribution >= 0.6 is 12.4 Å². The van der Waals surface area contributed by atoms with Crippen LogP contribution in [0.25, 0.3) is 0 Å². The summed E-state index contributed by atoms with van der Waals surface area (Å²) in [5.41, 5.74) is 6.70. The Morgan fingerprint density at radius 2 is 2.12 bits per heavy atom. The lowest BCUT2D eigenvalue weighted by Gasteiger charge is -2.22. The number of hydrogen-bond acceptors (Lipinski definition) is 4. The van der Waals surface area contributed by atoms with E-state index in [1.807, 2.05) is 12.4 Å². The van der Waals surface area contributed by atoms with Crippen LogP contribution in [0.3, 0.4) is 0 Å². The summed E-state index contributed by atoms with van der Waals surface area (Å²) >= 11 is 0. The topological polar surface area (TPSA) is 63.8 Å². The number of nitrogens with two attached hydrogens (primary N) is 1. The van der Waals surface area contributed by atoms with Crippen LogP contribution in [0.5, 0.6) is 0 Å². The average Bonchev–Trinajstić information content (AvgIpc) is 2.32. The second-order valence-corrected chi connectivity index (χ2v) is 4.01. The highest BCUT2D eigenvalue weighted by molar-refractivity contribution is 5.85. The van der Waals surface area contributed by atoms with Crippen molar-refractivity contribution in [3.8, 4) is 0 Å². The largest absolute Gasteiger partial charge is 0.330 e. The molecule has 1 fully saturated rings. The van der Waals surface area contributed by atoms with Crippen LogP contribution in [0.4, 0.5) is 0 Å². The molecule has 1 aliphatic heterocycles. The molecule has 0 aliphatic carbocycles. The van der Waals surface area contributed by atoms with Crippen LogP contribution in [-0.4, -0.2) is 29.6 Å². The standard InChI is InChI=1S/C11H18N4.ClH/c12-4-3-11-14-7-10(8-15-11)9-2-1-5-13-6-9;/h7-9,13H,1-6,12H2;1H. The highest BCUT2D eigenvalue weighted by Gasteiger charge is 2.15. The van der Waals surface area contributed by atoms with Gasteiger partial charge in [0.25, 0.3) is 0 Å². The van der Waals surface area contributed by atoms with Gasteiger partial charge in [-0.1, -0.05) is 0 Å². The lowest BCUT2D eigenvalue weighted by molar-refractivity contribution is 0.459. The molecule has 1 aliphatic rings. The van der Waals surface area contributed by atoms with E-state index in [4.69, 9.17) is 5.73 Å². The fourth-order valence-corrected chi connectivity index (χ4v) is 1.97. The molecule has 0 aromatic carbocycles. The molecule has 1 saturated heterocycles. The molecule has 0 radical (unpaired) electrons. The minimum absolute atomic E-state index is 0. The van der Waals surface area contributed by atoms with E-state index >= 15 is 0 Å². The molecule has 1 aromatic rings. The summed E-state index contributed by atoms with van der Waals surface area (Å²) in [5.74, 6) is 1.44. The van der Waals surface area contributed by atoms with Crippen molar-refractivity contribution in [3.63, 3.8) is 0 Å². The van der Waals surface area contributed by atoms with Crippen LogP contribution in [0.1, 0.15) is 30.1 Å². The Bertz CT molecular complexity index is 295. The van der Waals surface area contributed by atoms with Crippen molar-refractivity contribution in [3.05, 3.63) is 23.8 Å². The maximum Gasteiger partial charge on any atom is 0.129 e. The Morgan fingerprint density at radius 3 is 2.69 bits per heavy atom. The van der Waals surface area contributed by atoms with Gasteiger partial charge in [0.15, 0.2) is 0 Å². The minimum Gasteiger partial charge on any atom is -0.330 e. The van der Waals surface area contributed by atoms with Gasteiger partial charge in [-0.3, -0.25) is 0 Å². The highest BCUT2D eigenvalue weighted by Crippen LogP contribution is 2.21. The van der Waals surface area contributed by atoms with Crippen LogP contribution in [-0.2, 0) is 6.42 Å². The summed E-state index contributed by atoms with van der Waals surface area (Å²) < 4.78 is 0. The fraction of sp³-hybridized carbons (Fsp3) is 0.636. The van der Waals surface area contributed by atoms with Gasteiger partial charge in [-0.2, -0.15) is 0 Å². The second-order valence-electron chi connectivity index (χ2n) is 4.01. The van der Waals surface area contributed by atoms with Crippen molar-refractivity contribution in [2.24, 2.45) is 5.73 Å². The average molecular weight is 243 g/mol. The van der Waals surface area contributed by atoms with E-state index in [-0.39, 0.29) is 12.4 Å². The number of hydrogen-bond donors (Lipinski definition) is 2. The van der Waals surface area contributed by atoms with Crippen molar-refractivity contribution in [1.29, 1.82) is 0 Å². The summed E-state index contributed by atoms with van der Waals surface area (Å²) in [6.45, 7) is 2.81. The quantitative estimate of drug-likeness (QED) is 0.826.